The molecule has 0 saturated heterocycles. The number of nitriles is 1. The fourth-order valence-electron chi connectivity index (χ4n) is 1.72. The van der Waals surface area contributed by atoms with Gasteiger partial charge in [0.1, 0.15) is 0 Å². The molecule has 0 unspecified atom stereocenters. The van der Waals surface area contributed by atoms with Gasteiger partial charge in [-0.1, -0.05) is 6.07 Å². The molecule has 7 nitrogen and oxygen atoms in total. The van der Waals surface area contributed by atoms with E-state index in [0.717, 1.165) is 10.6 Å². The monoisotopic (exact) mass is 305 g/mol. The van der Waals surface area contributed by atoms with Gasteiger partial charge in [0.05, 0.1) is 22.3 Å². The minimum atomic E-state index is -3.62. The largest absolute Gasteiger partial charge is 0.328 e. The van der Waals surface area contributed by atoms with Gasteiger partial charge in [0.25, 0.3) is 5.56 Å². The number of aromatic nitrogens is 2. The van der Waals surface area contributed by atoms with Gasteiger partial charge in [0.15, 0.2) is 9.84 Å². The van der Waals surface area contributed by atoms with Crippen molar-refractivity contribution in [2.24, 2.45) is 0 Å². The van der Waals surface area contributed by atoms with Gasteiger partial charge in [-0.15, -0.1) is 0 Å². The zero-order chi connectivity index (χ0) is 15.5. The molecule has 0 amide bonds. The lowest BCUT2D eigenvalue weighted by molar-refractivity contribution is 0.585. The highest BCUT2D eigenvalue weighted by Crippen LogP contribution is 2.13. The number of hydrogen-bond acceptors (Lipinski definition) is 5. The second kappa shape index (κ2) is 5.76. The van der Waals surface area contributed by atoms with Crippen LogP contribution >= 0.6 is 0 Å². The first kappa shape index (κ1) is 14.7. The smallest absolute Gasteiger partial charge is 0.300 e. The van der Waals surface area contributed by atoms with Crippen LogP contribution < -0.4 is 11.2 Å². The Morgan fingerprint density at radius 2 is 2.00 bits per heavy atom. The predicted molar refractivity (Wildman–Crippen MR) is 74.5 cm³/mol. The summed E-state index contributed by atoms with van der Waals surface area (Å²) in [6.45, 7) is -0.0886. The average molecular weight is 305 g/mol. The first-order valence-corrected chi connectivity index (χ1v) is 7.60. The lowest BCUT2D eigenvalue weighted by Gasteiger charge is -2.06. The Morgan fingerprint density at radius 3 is 2.67 bits per heavy atom. The van der Waals surface area contributed by atoms with Crippen molar-refractivity contribution in [1.29, 1.82) is 5.26 Å². The highest BCUT2D eigenvalue weighted by atomic mass is 32.2. The lowest BCUT2D eigenvalue weighted by Crippen LogP contribution is -2.30. The van der Waals surface area contributed by atoms with E-state index in [1.54, 1.807) is 0 Å². The van der Waals surface area contributed by atoms with Crippen molar-refractivity contribution in [3.63, 3.8) is 0 Å². The molecular formula is C13H11N3O4S. The SMILES string of the molecule is N#Cc1cccc(S(=O)(=O)CCn2ccc(=O)[nH]c2=O)c1. The van der Waals surface area contributed by atoms with Gasteiger partial charge in [-0.2, -0.15) is 5.26 Å². The average Bonchev–Trinajstić information content (AvgIpc) is 2.46. The molecule has 1 aromatic heterocycles. The van der Waals surface area contributed by atoms with E-state index in [0.29, 0.717) is 0 Å². The number of benzene rings is 1. The van der Waals surface area contributed by atoms with Crippen LogP contribution in [-0.4, -0.2) is 23.7 Å². The molecule has 108 valence electrons. The van der Waals surface area contributed by atoms with E-state index in [1.165, 1.54) is 30.5 Å². The first-order valence-electron chi connectivity index (χ1n) is 5.95. The summed E-state index contributed by atoms with van der Waals surface area (Å²) in [5.41, 5.74) is -0.957. The summed E-state index contributed by atoms with van der Waals surface area (Å²) in [4.78, 5) is 24.5. The molecule has 2 aromatic rings. The van der Waals surface area contributed by atoms with Crippen LogP contribution in [-0.2, 0) is 16.4 Å². The number of sulfone groups is 1. The van der Waals surface area contributed by atoms with Crippen LogP contribution in [0.25, 0.3) is 0 Å². The minimum Gasteiger partial charge on any atom is -0.300 e. The Morgan fingerprint density at radius 1 is 1.24 bits per heavy atom. The van der Waals surface area contributed by atoms with Crippen molar-refractivity contribution >= 4 is 9.84 Å². The standard InChI is InChI=1S/C13H11N3O4S/c14-9-10-2-1-3-11(8-10)21(19,20)7-6-16-5-4-12(17)15-13(16)18/h1-5,8H,6-7H2,(H,15,17,18). The highest BCUT2D eigenvalue weighted by molar-refractivity contribution is 7.91. The van der Waals surface area contributed by atoms with E-state index in [4.69, 9.17) is 5.26 Å². The fourth-order valence-corrected chi connectivity index (χ4v) is 2.98. The van der Waals surface area contributed by atoms with Gasteiger partial charge < -0.3 is 0 Å². The van der Waals surface area contributed by atoms with Crippen molar-refractivity contribution in [2.75, 3.05) is 5.75 Å². The minimum absolute atomic E-state index is 0.0269. The van der Waals surface area contributed by atoms with E-state index in [-0.39, 0.29) is 22.8 Å². The maximum atomic E-state index is 12.2. The number of rotatable bonds is 4. The summed E-state index contributed by atoms with van der Waals surface area (Å²) in [5, 5.41) is 8.77. The van der Waals surface area contributed by atoms with Gasteiger partial charge in [-0.05, 0) is 18.2 Å². The summed E-state index contributed by atoms with van der Waals surface area (Å²) in [6, 6.07) is 8.68. The van der Waals surface area contributed by atoms with E-state index < -0.39 is 21.1 Å². The molecule has 0 bridgehead atoms. The second-order valence-corrected chi connectivity index (χ2v) is 6.37. The maximum absolute atomic E-state index is 12.2. The quantitative estimate of drug-likeness (QED) is 0.846. The van der Waals surface area contributed by atoms with Crippen LogP contribution in [0, 0.1) is 11.3 Å². The summed E-state index contributed by atoms with van der Waals surface area (Å²) in [7, 11) is -3.62. The molecule has 0 aliphatic heterocycles. The van der Waals surface area contributed by atoms with Crippen LogP contribution in [0.5, 0.6) is 0 Å². The van der Waals surface area contributed by atoms with Crippen LogP contribution in [0.3, 0.4) is 0 Å². The van der Waals surface area contributed by atoms with Crippen molar-refractivity contribution in [2.45, 2.75) is 11.4 Å². The molecule has 0 atom stereocenters. The van der Waals surface area contributed by atoms with Crippen LogP contribution in [0.2, 0.25) is 0 Å². The predicted octanol–water partition coefficient (Wildman–Crippen LogP) is -0.118. The molecule has 0 radical (unpaired) electrons. The number of aryl methyl sites for hydroxylation is 1. The molecule has 8 heteroatoms. The second-order valence-electron chi connectivity index (χ2n) is 4.26. The number of hydrogen-bond donors (Lipinski definition) is 1. The first-order chi connectivity index (χ1) is 9.92. The molecule has 1 N–H and O–H groups in total. The van der Waals surface area contributed by atoms with Gasteiger partial charge >= 0.3 is 5.69 Å². The Balaban J connectivity index is 2.24. The molecule has 0 saturated carbocycles. The molecule has 21 heavy (non-hydrogen) atoms. The number of aromatic amines is 1. The zero-order valence-electron chi connectivity index (χ0n) is 10.8. The molecular weight excluding hydrogens is 294 g/mol. The third-order valence-corrected chi connectivity index (χ3v) is 4.51. The van der Waals surface area contributed by atoms with Crippen molar-refractivity contribution in [3.05, 3.63) is 62.9 Å². The van der Waals surface area contributed by atoms with E-state index in [9.17, 15) is 18.0 Å². The zero-order valence-corrected chi connectivity index (χ0v) is 11.6. The molecule has 0 spiro atoms. The van der Waals surface area contributed by atoms with E-state index >= 15 is 0 Å². The van der Waals surface area contributed by atoms with Crippen molar-refractivity contribution in [3.8, 4) is 6.07 Å². The van der Waals surface area contributed by atoms with Gasteiger partial charge in [0, 0.05) is 18.8 Å². The summed E-state index contributed by atoms with van der Waals surface area (Å²) in [6.07, 6.45) is 1.24. The van der Waals surface area contributed by atoms with Crippen LogP contribution in [0.15, 0.2) is 51.0 Å². The van der Waals surface area contributed by atoms with Gasteiger partial charge in [-0.25, -0.2) is 13.2 Å². The van der Waals surface area contributed by atoms with Crippen molar-refractivity contribution in [1.82, 2.24) is 9.55 Å². The van der Waals surface area contributed by atoms with E-state index in [2.05, 4.69) is 0 Å². The Labute approximate surface area is 120 Å². The summed E-state index contributed by atoms with van der Waals surface area (Å²) in [5.74, 6) is -0.312. The molecule has 1 heterocycles. The number of H-pyrrole nitrogens is 1. The number of nitrogens with zero attached hydrogens (tertiary/aromatic N) is 2. The van der Waals surface area contributed by atoms with Crippen LogP contribution in [0.1, 0.15) is 5.56 Å². The van der Waals surface area contributed by atoms with Crippen molar-refractivity contribution < 1.29 is 8.42 Å². The fraction of sp³-hybridized carbons (Fsp3) is 0.154. The Hall–Kier alpha value is -2.66. The number of nitrogens with one attached hydrogen (secondary N) is 1. The van der Waals surface area contributed by atoms with Gasteiger partial charge in [0.2, 0.25) is 0 Å². The molecule has 1 aromatic carbocycles. The van der Waals surface area contributed by atoms with Gasteiger partial charge in [-0.3, -0.25) is 14.3 Å². The third-order valence-electron chi connectivity index (χ3n) is 2.82. The molecule has 0 aliphatic rings. The molecule has 2 rings (SSSR count). The highest BCUT2D eigenvalue weighted by Gasteiger charge is 2.15. The third kappa shape index (κ3) is 3.46. The van der Waals surface area contributed by atoms with E-state index in [1.807, 2.05) is 11.1 Å². The topological polar surface area (TPSA) is 113 Å². The Bertz CT molecular complexity index is 919. The lowest BCUT2D eigenvalue weighted by atomic mass is 10.2. The molecule has 0 fully saturated rings. The molecule has 0 aliphatic carbocycles. The Kier molecular flexibility index (Phi) is 4.05. The maximum Gasteiger partial charge on any atom is 0.328 e. The summed E-state index contributed by atoms with van der Waals surface area (Å²) >= 11 is 0. The normalized spacial score (nSPS) is 11.0. The summed E-state index contributed by atoms with van der Waals surface area (Å²) < 4.78 is 25.4. The van der Waals surface area contributed by atoms with Crippen LogP contribution in [0.4, 0.5) is 0 Å².